The first-order chi connectivity index (χ1) is 10.7. The lowest BCUT2D eigenvalue weighted by Gasteiger charge is -2.04. The van der Waals surface area contributed by atoms with Gasteiger partial charge < -0.3 is 5.32 Å². The summed E-state index contributed by atoms with van der Waals surface area (Å²) in [5, 5.41) is 7.21. The Morgan fingerprint density at radius 3 is 2.55 bits per heavy atom. The third-order valence-corrected chi connectivity index (χ3v) is 4.13. The molecule has 2 aromatic carbocycles. The molecule has 1 heterocycles. The zero-order valence-corrected chi connectivity index (χ0v) is 13.9. The number of anilines is 1. The molecular weight excluding hydrogens is 389 g/mol. The van der Waals surface area contributed by atoms with E-state index in [1.807, 2.05) is 54.7 Å². The molecule has 1 N–H and O–H groups in total. The van der Waals surface area contributed by atoms with Crippen LogP contribution in [0.3, 0.4) is 0 Å². The molecule has 0 aliphatic carbocycles. The van der Waals surface area contributed by atoms with Crippen LogP contribution in [0, 0.1) is 3.57 Å². The van der Waals surface area contributed by atoms with Crippen molar-refractivity contribution >= 4 is 34.3 Å². The maximum Gasteiger partial charge on any atom is 0.257 e. The summed E-state index contributed by atoms with van der Waals surface area (Å²) < 4.78 is 2.72. The number of carbonyl (C=O) groups excluding carboxylic acids is 1. The van der Waals surface area contributed by atoms with E-state index in [9.17, 15) is 4.79 Å². The second kappa shape index (κ2) is 6.74. The van der Waals surface area contributed by atoms with Crippen LogP contribution in [0.1, 0.15) is 15.9 Å². The number of rotatable bonds is 4. The number of benzene rings is 2. The largest absolute Gasteiger partial charge is 0.305 e. The molecule has 0 bridgehead atoms. The number of nitrogens with zero attached hydrogens (tertiary/aromatic N) is 2. The molecule has 0 aliphatic rings. The molecule has 0 radical (unpaired) electrons. The number of aromatic nitrogens is 2. The van der Waals surface area contributed by atoms with Gasteiger partial charge in [-0.1, -0.05) is 42.5 Å². The molecule has 5 heteroatoms. The van der Waals surface area contributed by atoms with Crippen LogP contribution in [0.15, 0.2) is 66.9 Å². The Bertz CT molecular complexity index is 783. The summed E-state index contributed by atoms with van der Waals surface area (Å²) in [6.45, 7) is 0.680. The van der Waals surface area contributed by atoms with Crippen molar-refractivity contribution in [3.8, 4) is 0 Å². The van der Waals surface area contributed by atoms with Crippen molar-refractivity contribution in [1.82, 2.24) is 9.78 Å². The Kier molecular flexibility index (Phi) is 4.53. The van der Waals surface area contributed by atoms with Crippen molar-refractivity contribution in [3.05, 3.63) is 81.6 Å². The molecule has 0 fully saturated rings. The molecule has 0 saturated heterocycles. The standard InChI is InChI=1S/C17H14IN3O/c18-15-9-5-4-8-14(15)17(22)19-16-10-11-21(20-16)12-13-6-2-1-3-7-13/h1-11H,12H2,(H,19,20,22). The predicted molar refractivity (Wildman–Crippen MR) is 94.9 cm³/mol. The average Bonchev–Trinajstić information content (AvgIpc) is 2.95. The molecule has 0 unspecified atom stereocenters. The van der Waals surface area contributed by atoms with Gasteiger partial charge in [0.1, 0.15) is 0 Å². The first-order valence-corrected chi connectivity index (χ1v) is 7.93. The van der Waals surface area contributed by atoms with Gasteiger partial charge in [0, 0.05) is 15.8 Å². The lowest BCUT2D eigenvalue weighted by Crippen LogP contribution is -2.14. The first-order valence-electron chi connectivity index (χ1n) is 6.85. The van der Waals surface area contributed by atoms with Gasteiger partial charge in [0.15, 0.2) is 5.82 Å². The van der Waals surface area contributed by atoms with Crippen molar-refractivity contribution < 1.29 is 4.79 Å². The summed E-state index contributed by atoms with van der Waals surface area (Å²) in [5.74, 6) is 0.413. The van der Waals surface area contributed by atoms with E-state index < -0.39 is 0 Å². The molecule has 0 atom stereocenters. The van der Waals surface area contributed by atoms with Crippen LogP contribution in [0.25, 0.3) is 0 Å². The predicted octanol–water partition coefficient (Wildman–Crippen LogP) is 3.79. The molecule has 3 rings (SSSR count). The van der Waals surface area contributed by atoms with Gasteiger partial charge in [0.05, 0.1) is 12.1 Å². The Hall–Kier alpha value is -2.15. The van der Waals surface area contributed by atoms with E-state index in [-0.39, 0.29) is 5.91 Å². The highest BCUT2D eigenvalue weighted by molar-refractivity contribution is 14.1. The number of hydrogen-bond acceptors (Lipinski definition) is 2. The highest BCUT2D eigenvalue weighted by Gasteiger charge is 2.10. The minimum atomic E-state index is -0.144. The molecule has 4 nitrogen and oxygen atoms in total. The fraction of sp³-hybridized carbons (Fsp3) is 0.0588. The van der Waals surface area contributed by atoms with Gasteiger partial charge in [0.25, 0.3) is 5.91 Å². The van der Waals surface area contributed by atoms with E-state index in [4.69, 9.17) is 0 Å². The number of carbonyl (C=O) groups is 1. The van der Waals surface area contributed by atoms with Crippen LogP contribution >= 0.6 is 22.6 Å². The third-order valence-electron chi connectivity index (χ3n) is 3.19. The third kappa shape index (κ3) is 3.54. The van der Waals surface area contributed by atoms with E-state index in [1.54, 1.807) is 16.8 Å². The van der Waals surface area contributed by atoms with E-state index in [0.29, 0.717) is 17.9 Å². The zero-order chi connectivity index (χ0) is 15.4. The van der Waals surface area contributed by atoms with E-state index >= 15 is 0 Å². The molecule has 3 aromatic rings. The molecule has 0 aliphatic heterocycles. The molecule has 1 amide bonds. The molecule has 22 heavy (non-hydrogen) atoms. The minimum absolute atomic E-state index is 0.144. The average molecular weight is 403 g/mol. The van der Waals surface area contributed by atoms with Gasteiger partial charge in [-0.2, -0.15) is 5.10 Å². The lowest BCUT2D eigenvalue weighted by molar-refractivity contribution is 0.102. The maximum atomic E-state index is 12.2. The Balaban J connectivity index is 1.69. The monoisotopic (exact) mass is 403 g/mol. The van der Waals surface area contributed by atoms with Crippen molar-refractivity contribution in [2.75, 3.05) is 5.32 Å². The van der Waals surface area contributed by atoms with Gasteiger partial charge in [-0.05, 0) is 40.3 Å². The number of hydrogen-bond donors (Lipinski definition) is 1. The van der Waals surface area contributed by atoms with E-state index in [0.717, 1.165) is 3.57 Å². The normalized spacial score (nSPS) is 10.4. The Morgan fingerprint density at radius 2 is 1.77 bits per heavy atom. The summed E-state index contributed by atoms with van der Waals surface area (Å²) in [7, 11) is 0. The smallest absolute Gasteiger partial charge is 0.257 e. The van der Waals surface area contributed by atoms with Gasteiger partial charge in [-0.25, -0.2) is 0 Å². The zero-order valence-electron chi connectivity index (χ0n) is 11.7. The first kappa shape index (κ1) is 14.8. The number of halogens is 1. The second-order valence-electron chi connectivity index (χ2n) is 4.82. The van der Waals surface area contributed by atoms with Gasteiger partial charge in [-0.3, -0.25) is 9.48 Å². The summed E-state index contributed by atoms with van der Waals surface area (Å²) in [6, 6.07) is 19.4. The van der Waals surface area contributed by atoms with Crippen molar-refractivity contribution in [2.45, 2.75) is 6.54 Å². The minimum Gasteiger partial charge on any atom is -0.305 e. The van der Waals surface area contributed by atoms with Crippen molar-refractivity contribution in [2.24, 2.45) is 0 Å². The van der Waals surface area contributed by atoms with Crippen LogP contribution in [0.2, 0.25) is 0 Å². The molecule has 0 spiro atoms. The van der Waals surface area contributed by atoms with E-state index in [2.05, 4.69) is 33.0 Å². The summed E-state index contributed by atoms with van der Waals surface area (Å²) in [4.78, 5) is 12.2. The Morgan fingerprint density at radius 1 is 1.05 bits per heavy atom. The summed E-state index contributed by atoms with van der Waals surface area (Å²) >= 11 is 2.15. The van der Waals surface area contributed by atoms with Gasteiger partial charge >= 0.3 is 0 Å². The van der Waals surface area contributed by atoms with Crippen LogP contribution in [0.5, 0.6) is 0 Å². The van der Waals surface area contributed by atoms with Crippen LogP contribution in [-0.4, -0.2) is 15.7 Å². The highest BCUT2D eigenvalue weighted by Crippen LogP contribution is 2.14. The topological polar surface area (TPSA) is 46.9 Å². The van der Waals surface area contributed by atoms with Crippen LogP contribution in [0.4, 0.5) is 5.82 Å². The number of amides is 1. The number of nitrogens with one attached hydrogen (secondary N) is 1. The fourth-order valence-electron chi connectivity index (χ4n) is 2.12. The summed E-state index contributed by atoms with van der Waals surface area (Å²) in [5.41, 5.74) is 1.82. The van der Waals surface area contributed by atoms with Crippen LogP contribution < -0.4 is 5.32 Å². The fourth-order valence-corrected chi connectivity index (χ4v) is 2.75. The quantitative estimate of drug-likeness (QED) is 0.674. The van der Waals surface area contributed by atoms with Gasteiger partial charge in [0.2, 0.25) is 0 Å². The molecule has 1 aromatic heterocycles. The molecule has 110 valence electrons. The summed E-state index contributed by atoms with van der Waals surface area (Å²) in [6.07, 6.45) is 1.86. The highest BCUT2D eigenvalue weighted by atomic mass is 127. The van der Waals surface area contributed by atoms with Crippen molar-refractivity contribution in [3.63, 3.8) is 0 Å². The second-order valence-corrected chi connectivity index (χ2v) is 5.98. The Labute approximate surface area is 142 Å². The van der Waals surface area contributed by atoms with Crippen molar-refractivity contribution in [1.29, 1.82) is 0 Å². The van der Waals surface area contributed by atoms with Gasteiger partial charge in [-0.15, -0.1) is 0 Å². The maximum absolute atomic E-state index is 12.2. The molecular formula is C17H14IN3O. The lowest BCUT2D eigenvalue weighted by atomic mass is 10.2. The SMILES string of the molecule is O=C(Nc1ccn(Cc2ccccc2)n1)c1ccccc1I. The molecule has 0 saturated carbocycles. The van der Waals surface area contributed by atoms with Crippen LogP contribution in [-0.2, 0) is 6.54 Å². The van der Waals surface area contributed by atoms with E-state index in [1.165, 1.54) is 5.56 Å².